The third-order valence-corrected chi connectivity index (χ3v) is 24.1. The van der Waals surface area contributed by atoms with Gasteiger partial charge in [-0.2, -0.15) is 5.10 Å². The van der Waals surface area contributed by atoms with E-state index in [2.05, 4.69) is 176 Å². The van der Waals surface area contributed by atoms with Crippen LogP contribution in [0.4, 0.5) is 8.78 Å². The van der Waals surface area contributed by atoms with Gasteiger partial charge in [-0.1, -0.05) is 216 Å². The molecule has 1 aliphatic heterocycles. The molecule has 13 nitrogen and oxygen atoms in total. The van der Waals surface area contributed by atoms with Crippen LogP contribution < -0.4 is 9.47 Å². The molecule has 0 saturated heterocycles. The monoisotopic (exact) mass is 1820 g/mol. The lowest BCUT2D eigenvalue weighted by atomic mass is 9.84. The van der Waals surface area contributed by atoms with Crippen molar-refractivity contribution in [1.29, 1.82) is 0 Å². The number of benzene rings is 13. The van der Waals surface area contributed by atoms with Crippen molar-refractivity contribution in [1.82, 2.24) is 25.1 Å². The van der Waals surface area contributed by atoms with Crippen LogP contribution in [-0.2, 0) is 38.5 Å². The molecule has 19 rings (SSSR count). The van der Waals surface area contributed by atoms with Gasteiger partial charge in [-0.15, -0.1) is 6.58 Å². The molecule has 1 unspecified atom stereocenters. The van der Waals surface area contributed by atoms with Crippen molar-refractivity contribution in [2.24, 2.45) is 0 Å². The van der Waals surface area contributed by atoms with Gasteiger partial charge < -0.3 is 35.0 Å². The highest BCUT2D eigenvalue weighted by Crippen LogP contribution is 2.40. The number of hydrogen-bond acceptors (Lipinski definition) is 12. The number of aromatic nitrogens is 5. The Morgan fingerprint density at radius 2 is 0.745 bits per heavy atom. The summed E-state index contributed by atoms with van der Waals surface area (Å²) in [6.07, 6.45) is 10.4. The lowest BCUT2D eigenvalue weighted by Gasteiger charge is -2.19. The van der Waals surface area contributed by atoms with Gasteiger partial charge in [0.1, 0.15) is 34.6 Å². The van der Waals surface area contributed by atoms with E-state index in [-0.39, 0.29) is 23.1 Å². The number of nitrogens with one attached hydrogen (secondary N) is 1. The normalized spacial score (nSPS) is 11.5. The zero-order valence-corrected chi connectivity index (χ0v) is 80.4. The standard InChI is InChI=1S/C19H15NO2.C18H14FN.C18H15N.C15H15FO.C15H16O.C14H16O.C12H14N2O.C11H16O2/c1-13-9-16(10-17(20-13)14-5-3-2-4-6-14)15-7-8-18-19(11-15)22-12-21-18;1-13-11-16(14-5-3-2-4-6-14)12-18(20-13)15-7-9-17(19)10-8-15;1-14-12-17(15-8-4-2-5-9-15)13-18(19-14)16-10-6-3-7-11-16;1-3-11-9-14(15(17)8-10(11)2)12-4-6-13(16)7-5-12;1-3-12-10-14(15(16)9-11(12)2)13-7-5-4-6-8-13;1-3-5-11-10(2)8-9-13-12(11)6-4-7-14(13)15;1-3-9-7-10(11-4-5-13-14-11)12(15)6-8(9)2;1-4-9-6-10(8(3)12)11(13)5-7(9)2/h2-11H,12H2,1H3;2-12H,1H3;2-13H,1H3;4-9,17H,3H2,1-2H3;4-10,16H,3H2,1-2H3;3,8-9H,1,4-7H2,2H3;4-7,15H,3H2,1-2H3,(H,13,14);5-6,8,12-13H,4H2,1-3H3. The minimum Gasteiger partial charge on any atom is -0.508 e. The van der Waals surface area contributed by atoms with Gasteiger partial charge in [-0.05, 0) is 352 Å². The molecule has 17 aromatic rings. The fourth-order valence-electron chi connectivity index (χ4n) is 16.6. The van der Waals surface area contributed by atoms with Crippen molar-refractivity contribution in [2.45, 2.75) is 147 Å². The third kappa shape index (κ3) is 27.4. The van der Waals surface area contributed by atoms with Crippen LogP contribution in [0.2, 0.25) is 0 Å². The van der Waals surface area contributed by atoms with Crippen molar-refractivity contribution in [3.05, 3.63) is 441 Å². The fraction of sp³-hybridized carbons (Fsp3) is 0.189. The summed E-state index contributed by atoms with van der Waals surface area (Å²) in [5.41, 5.74) is 36.0. The third-order valence-electron chi connectivity index (χ3n) is 24.1. The van der Waals surface area contributed by atoms with E-state index in [4.69, 9.17) is 9.47 Å². The number of aliphatic hydroxyl groups is 1. The van der Waals surface area contributed by atoms with E-state index in [0.29, 0.717) is 36.1 Å². The molecule has 13 aromatic carbocycles. The van der Waals surface area contributed by atoms with Gasteiger partial charge in [0.25, 0.3) is 0 Å². The van der Waals surface area contributed by atoms with Crippen molar-refractivity contribution in [3.8, 4) is 135 Å². The number of nitrogens with zero attached hydrogens (tertiary/aromatic N) is 4. The molecule has 6 N–H and O–H groups in total. The van der Waals surface area contributed by atoms with Gasteiger partial charge in [0, 0.05) is 74.2 Å². The number of carbonyl (C=O) groups excluding carboxylic acids is 1. The number of fused-ring (bicyclic) bond motifs is 2. The minimum absolute atomic E-state index is 0.185. The van der Waals surface area contributed by atoms with Crippen LogP contribution in [0.1, 0.15) is 148 Å². The zero-order chi connectivity index (χ0) is 97.6. The number of H-pyrrole nitrogens is 1. The molecule has 4 aromatic heterocycles. The highest BCUT2D eigenvalue weighted by molar-refractivity contribution is 5.99. The van der Waals surface area contributed by atoms with E-state index in [1.54, 1.807) is 55.6 Å². The molecule has 2 aliphatic rings. The Labute approximate surface area is 805 Å². The molecule has 0 fully saturated rings. The van der Waals surface area contributed by atoms with Crippen molar-refractivity contribution < 1.29 is 48.6 Å². The number of phenolic OH excluding ortho intramolecular Hbond substituents is 4. The summed E-state index contributed by atoms with van der Waals surface area (Å²) in [7, 11) is 0. The number of ether oxygens (including phenoxy) is 2. The average molecular weight is 1820 g/mol. The molecule has 15 heteroatoms. The average Bonchev–Trinajstić information content (AvgIpc) is 1.44. The van der Waals surface area contributed by atoms with E-state index in [1.165, 1.54) is 74.3 Å². The number of aryl methyl sites for hydroxylation is 12. The van der Waals surface area contributed by atoms with Crippen LogP contribution in [0.5, 0.6) is 34.5 Å². The summed E-state index contributed by atoms with van der Waals surface area (Å²) in [6, 6.07) is 103. The number of hydrogen-bond donors (Lipinski definition) is 6. The first-order valence-corrected chi connectivity index (χ1v) is 46.6. The van der Waals surface area contributed by atoms with Crippen molar-refractivity contribution in [2.75, 3.05) is 6.79 Å². The highest BCUT2D eigenvalue weighted by atomic mass is 19.1. The number of ketones is 1. The fourth-order valence-corrected chi connectivity index (χ4v) is 16.6. The number of rotatable bonds is 16. The van der Waals surface area contributed by atoms with Crippen LogP contribution in [-0.4, -0.2) is 63.3 Å². The first kappa shape index (κ1) is 101. The Morgan fingerprint density at radius 1 is 0.372 bits per heavy atom. The first-order valence-electron chi connectivity index (χ1n) is 46.6. The molecule has 0 radical (unpaired) electrons. The smallest absolute Gasteiger partial charge is 0.231 e. The Bertz CT molecular complexity index is 6820. The summed E-state index contributed by atoms with van der Waals surface area (Å²) in [4.78, 5) is 25.5. The van der Waals surface area contributed by atoms with Crippen LogP contribution in [0, 0.1) is 67.0 Å². The maximum atomic E-state index is 13.0. The van der Waals surface area contributed by atoms with E-state index >= 15 is 0 Å². The molecule has 1 atom stereocenters. The number of aliphatic hydroxyl groups excluding tert-OH is 1. The minimum atomic E-state index is -0.606. The van der Waals surface area contributed by atoms with Crippen molar-refractivity contribution >= 4 is 5.78 Å². The first-order chi connectivity index (χ1) is 66.2. The summed E-state index contributed by atoms with van der Waals surface area (Å²) in [6.45, 7) is 30.2. The largest absolute Gasteiger partial charge is 0.508 e. The number of Topliss-reactive ketones (excluding diaryl/α,β-unsaturated/α-hetero) is 1. The topological polar surface area (TPSA) is 204 Å². The molecular weight excluding hydrogens is 1700 g/mol. The molecule has 0 amide bonds. The predicted molar refractivity (Wildman–Crippen MR) is 556 cm³/mol. The lowest BCUT2D eigenvalue weighted by molar-refractivity contribution is 0.0972. The number of phenols is 4. The molecule has 0 bridgehead atoms. The molecule has 5 heterocycles. The van der Waals surface area contributed by atoms with Crippen LogP contribution in [0.15, 0.2) is 340 Å². The number of carbonyl (C=O) groups is 1. The predicted octanol–water partition coefficient (Wildman–Crippen LogP) is 30.3. The SMILES string of the molecule is C=CCc1c(C)ccc2c1CCCC2=O.CCc1cc(-c2ccc(F)cc2)c(O)cc1C.CCc1cc(-c2ccccc2)c(O)cc1C.CCc1cc(-c2ccn[nH]2)c(O)cc1C.CCc1cc(C(C)O)c(O)cc1C.Cc1cc(-c2ccc3c(c2)OCO3)cc(-c2ccccc2)n1.Cc1cc(-c2ccccc2)cc(-c2ccc(F)cc2)n1.Cc1cc(-c2ccccc2)cc(-c2ccccc2)n1. The second-order valence-corrected chi connectivity index (χ2v) is 34.0. The summed E-state index contributed by atoms with van der Waals surface area (Å²) >= 11 is 0. The maximum Gasteiger partial charge on any atom is 0.231 e. The Morgan fingerprint density at radius 3 is 1.17 bits per heavy atom. The zero-order valence-electron chi connectivity index (χ0n) is 80.4. The summed E-state index contributed by atoms with van der Waals surface area (Å²) in [5, 5.41) is 55.4. The van der Waals surface area contributed by atoms with Crippen LogP contribution in [0.3, 0.4) is 0 Å². The summed E-state index contributed by atoms with van der Waals surface area (Å²) in [5.74, 6) is 2.50. The second kappa shape index (κ2) is 49.0. The lowest BCUT2D eigenvalue weighted by Crippen LogP contribution is -2.13. The van der Waals surface area contributed by atoms with Crippen LogP contribution >= 0.6 is 0 Å². The number of pyridine rings is 3. The van der Waals surface area contributed by atoms with Gasteiger partial charge in [0.15, 0.2) is 17.3 Å². The van der Waals surface area contributed by atoms with E-state index in [0.717, 1.165) is 191 Å². The summed E-state index contributed by atoms with van der Waals surface area (Å²) < 4.78 is 36.7. The number of aromatic hydroxyl groups is 4. The van der Waals surface area contributed by atoms with Gasteiger partial charge >= 0.3 is 0 Å². The van der Waals surface area contributed by atoms with E-state index in [9.17, 15) is 39.1 Å². The van der Waals surface area contributed by atoms with Crippen molar-refractivity contribution in [3.63, 3.8) is 0 Å². The van der Waals surface area contributed by atoms with Gasteiger partial charge in [-0.25, -0.2) is 8.78 Å². The van der Waals surface area contributed by atoms with E-state index < -0.39 is 6.10 Å². The second-order valence-electron chi connectivity index (χ2n) is 34.0. The molecule has 0 saturated carbocycles. The molecule has 0 spiro atoms. The van der Waals surface area contributed by atoms with E-state index in [1.807, 2.05) is 200 Å². The van der Waals surface area contributed by atoms with Gasteiger partial charge in [0.2, 0.25) is 6.79 Å². The maximum absolute atomic E-state index is 13.0. The molecule has 137 heavy (non-hydrogen) atoms. The molecule has 1 aliphatic carbocycles. The molecular formula is C122H121F2N5O8. The van der Waals surface area contributed by atoms with Crippen LogP contribution in [0.25, 0.3) is 101 Å². The molecule has 696 valence electrons. The Kier molecular flexibility index (Phi) is 35.9. The number of allylic oxidation sites excluding steroid dienone is 1. The Balaban J connectivity index is 0.000000141. The number of aromatic amines is 1. The quantitative estimate of drug-likeness (QED) is 0.0500. The highest BCUT2D eigenvalue weighted by Gasteiger charge is 2.22. The van der Waals surface area contributed by atoms with Gasteiger partial charge in [0.05, 0.1) is 28.9 Å². The number of halogens is 2. The van der Waals surface area contributed by atoms with Gasteiger partial charge in [-0.3, -0.25) is 24.8 Å². The Hall–Kier alpha value is -15.5.